The molecule has 5 N–H and O–H groups in total. The number of carbonyl (C=O) groups is 6. The van der Waals surface area contributed by atoms with Crippen molar-refractivity contribution in [3.05, 3.63) is 112 Å². The number of aryl methyl sites for hydroxylation is 1. The fourth-order valence-electron chi connectivity index (χ4n) is 11.3. The van der Waals surface area contributed by atoms with Gasteiger partial charge in [0, 0.05) is 113 Å². The van der Waals surface area contributed by atoms with E-state index in [1.807, 2.05) is 80.6 Å². The topological polar surface area (TPSA) is 221 Å². The number of likely N-dealkylation sites (tertiary alicyclic amines) is 1. The van der Waals surface area contributed by atoms with Crippen molar-refractivity contribution in [3.8, 4) is 16.2 Å². The van der Waals surface area contributed by atoms with Gasteiger partial charge in [0.1, 0.15) is 29.7 Å². The molecule has 9 rings (SSSR count). The number of anilines is 2. The molecule has 18 nitrogen and oxygen atoms in total. The highest BCUT2D eigenvalue weighted by molar-refractivity contribution is 7.14. The molecule has 3 saturated heterocycles. The number of hydrogen-bond donors (Lipinski definition) is 5. The molecule has 4 aliphatic rings. The average molecular weight is 1120 g/mol. The van der Waals surface area contributed by atoms with Crippen LogP contribution in [0.25, 0.3) is 10.4 Å². The van der Waals surface area contributed by atoms with E-state index in [4.69, 9.17) is 0 Å². The van der Waals surface area contributed by atoms with Gasteiger partial charge in [-0.05, 0) is 85.0 Å². The molecule has 79 heavy (non-hydrogen) atoms. The van der Waals surface area contributed by atoms with E-state index in [0.717, 1.165) is 96.9 Å². The van der Waals surface area contributed by atoms with Gasteiger partial charge in [-0.3, -0.25) is 39.0 Å². The van der Waals surface area contributed by atoms with Crippen LogP contribution in [0.4, 0.5) is 15.2 Å². The summed E-state index contributed by atoms with van der Waals surface area (Å²) in [5, 5.41) is 32.0. The number of phenols is 1. The molecule has 3 fully saturated rings. The summed E-state index contributed by atoms with van der Waals surface area (Å²) in [6.07, 6.45) is 6.14. The number of carbonyl (C=O) groups excluding carboxylic acids is 6. The zero-order valence-electron chi connectivity index (χ0n) is 45.3. The smallest absolute Gasteiger partial charge is 0.255 e. The lowest BCUT2D eigenvalue weighted by Crippen LogP contribution is -2.57. The second kappa shape index (κ2) is 25.1. The van der Waals surface area contributed by atoms with Crippen molar-refractivity contribution in [2.45, 2.75) is 129 Å². The summed E-state index contributed by atoms with van der Waals surface area (Å²) in [5.74, 6) is -2.82. The van der Waals surface area contributed by atoms with Crippen LogP contribution in [0.15, 0.2) is 77.8 Å². The minimum Gasteiger partial charge on any atom is -0.508 e. The number of thiazole rings is 2. The molecular weight excluding hydrogens is 1050 g/mol. The van der Waals surface area contributed by atoms with Crippen LogP contribution in [0.2, 0.25) is 0 Å². The summed E-state index contributed by atoms with van der Waals surface area (Å²) in [6.45, 7) is 12.4. The lowest BCUT2D eigenvalue weighted by atomic mass is 9.85. The van der Waals surface area contributed by atoms with Crippen molar-refractivity contribution in [2.24, 2.45) is 5.41 Å². The Hall–Kier alpha value is -6.81. The molecule has 3 aromatic carbocycles. The zero-order valence-corrected chi connectivity index (χ0v) is 46.9. The number of nitrogens with one attached hydrogen (secondary N) is 3. The van der Waals surface area contributed by atoms with Crippen molar-refractivity contribution in [1.82, 2.24) is 40.2 Å². The molecule has 2 aromatic heterocycles. The number of β-amino-alcohol motifs (C(OH)–C–C–N with tert-alkyl or cyclic N) is 1. The number of rotatable bonds is 19. The molecule has 0 bridgehead atoms. The summed E-state index contributed by atoms with van der Waals surface area (Å²) in [7, 11) is 0. The lowest BCUT2D eigenvalue weighted by molar-refractivity contribution is -0.144. The van der Waals surface area contributed by atoms with Crippen LogP contribution in [-0.2, 0) is 37.1 Å². The number of fused-ring (bicyclic) bond motifs is 1. The standard InChI is InChI=1S/C58H71FN10O8S2/c1-36-51(79-35-62-36)38-13-11-37(12-14-38)32-61-53(74)46-31-43(70)34-68(46)56(77)52(58(2,3)4)63-48(72)9-7-5-6-8-10-49(73)67-26-24-66(25-27-67)41-19-22-65(23-20-41)42-17-15-39-33-69(55(76)44(39)30-42)50(45-29-40(59)16-18-47(45)71)54(75)64-57-60-21-28-78-57/h11-18,21,28-30,35,41,43,46,50,52,70-71H,5-10,19-20,22-27,31-34H2,1-4H3,(H,61,74)(H,63,72)(H,60,64,75)/t43-,46+,50?,52?/m1/s1. The van der Waals surface area contributed by atoms with Gasteiger partial charge in [0.2, 0.25) is 23.6 Å². The average Bonchev–Trinajstić information content (AvgIpc) is 4.33. The number of aliphatic hydroxyl groups excluding tert-OH is 1. The highest BCUT2D eigenvalue weighted by Gasteiger charge is 2.45. The Morgan fingerprint density at radius 1 is 0.873 bits per heavy atom. The second-order valence-corrected chi connectivity index (χ2v) is 23.9. The molecule has 21 heteroatoms. The van der Waals surface area contributed by atoms with E-state index in [-0.39, 0.29) is 67.4 Å². The molecule has 0 radical (unpaired) electrons. The van der Waals surface area contributed by atoms with Crippen LogP contribution in [0.5, 0.6) is 5.75 Å². The maximum atomic E-state index is 14.5. The van der Waals surface area contributed by atoms with Crippen molar-refractivity contribution in [1.29, 1.82) is 0 Å². The van der Waals surface area contributed by atoms with Crippen LogP contribution in [0.3, 0.4) is 0 Å². The van der Waals surface area contributed by atoms with E-state index < -0.39 is 47.3 Å². The van der Waals surface area contributed by atoms with Gasteiger partial charge in [0.05, 0.1) is 22.2 Å². The maximum Gasteiger partial charge on any atom is 0.255 e. The highest BCUT2D eigenvalue weighted by atomic mass is 32.1. The van der Waals surface area contributed by atoms with Crippen molar-refractivity contribution >= 4 is 68.9 Å². The minimum atomic E-state index is -1.30. The van der Waals surface area contributed by atoms with E-state index >= 15 is 0 Å². The Morgan fingerprint density at radius 3 is 2.29 bits per heavy atom. The van der Waals surface area contributed by atoms with Crippen LogP contribution in [0.1, 0.15) is 117 Å². The number of benzene rings is 3. The Morgan fingerprint density at radius 2 is 1.61 bits per heavy atom. The number of piperazine rings is 1. The molecule has 6 amide bonds. The van der Waals surface area contributed by atoms with E-state index in [9.17, 15) is 43.4 Å². The maximum absolute atomic E-state index is 14.5. The number of aromatic hydroxyl groups is 1. The molecule has 0 aliphatic carbocycles. The monoisotopic (exact) mass is 1120 g/mol. The van der Waals surface area contributed by atoms with Gasteiger partial charge in [0.15, 0.2) is 5.13 Å². The van der Waals surface area contributed by atoms with E-state index in [1.54, 1.807) is 16.7 Å². The van der Waals surface area contributed by atoms with Crippen molar-refractivity contribution in [3.63, 3.8) is 0 Å². The fourth-order valence-corrected chi connectivity index (χ4v) is 12.6. The molecule has 2 unspecified atom stereocenters. The van der Waals surface area contributed by atoms with Crippen LogP contribution < -0.4 is 20.9 Å². The molecule has 0 saturated carbocycles. The zero-order chi connectivity index (χ0) is 56.0. The summed E-state index contributed by atoms with van der Waals surface area (Å²) in [6, 6.07) is 14.3. The number of piperidine rings is 1. The van der Waals surface area contributed by atoms with Gasteiger partial charge in [-0.25, -0.2) is 14.4 Å². The largest absolute Gasteiger partial charge is 0.508 e. The summed E-state index contributed by atoms with van der Waals surface area (Å²) in [4.78, 5) is 101. The highest BCUT2D eigenvalue weighted by Crippen LogP contribution is 2.39. The van der Waals surface area contributed by atoms with Gasteiger partial charge >= 0.3 is 0 Å². The minimum absolute atomic E-state index is 0.000133. The van der Waals surface area contributed by atoms with Crippen LogP contribution in [0, 0.1) is 18.2 Å². The van der Waals surface area contributed by atoms with Crippen LogP contribution in [-0.4, -0.2) is 145 Å². The molecule has 4 atom stereocenters. The summed E-state index contributed by atoms with van der Waals surface area (Å²) >= 11 is 2.78. The van der Waals surface area contributed by atoms with Gasteiger partial charge < -0.3 is 40.4 Å². The molecule has 0 spiro atoms. The van der Waals surface area contributed by atoms with Gasteiger partial charge in [0.25, 0.3) is 11.8 Å². The number of halogens is 1. The molecule has 6 heterocycles. The van der Waals surface area contributed by atoms with Gasteiger partial charge in [-0.1, -0.05) is 63.9 Å². The number of hydrogen-bond acceptors (Lipinski definition) is 14. The number of unbranched alkanes of at least 4 members (excludes halogenated alkanes) is 3. The molecular formula is C58H71FN10O8S2. The first kappa shape index (κ1) is 56.9. The first-order valence-electron chi connectivity index (χ1n) is 27.4. The molecule has 5 aromatic rings. The first-order chi connectivity index (χ1) is 37.9. The lowest BCUT2D eigenvalue weighted by Gasteiger charge is -2.43. The van der Waals surface area contributed by atoms with E-state index in [0.29, 0.717) is 49.1 Å². The summed E-state index contributed by atoms with van der Waals surface area (Å²) in [5.41, 5.74) is 6.14. The van der Waals surface area contributed by atoms with Gasteiger partial charge in [-0.2, -0.15) is 0 Å². The Bertz CT molecular complexity index is 2990. The number of amides is 6. The third kappa shape index (κ3) is 13.6. The van der Waals surface area contributed by atoms with E-state index in [1.165, 1.54) is 33.4 Å². The Kier molecular flexibility index (Phi) is 18.1. The number of aliphatic hydroxyl groups is 1. The SMILES string of the molecule is Cc1ncsc1-c1ccc(CNC(=O)[C@@H]2C[C@@H](O)CN2C(=O)C(NC(=O)CCCCCCC(=O)N2CCN(C3CCN(c4ccc5c(c4)C(=O)N(C(C(=O)Nc4nccs4)c4cc(F)ccc4O)C5)CC3)CC2)C(C)(C)C)cc1. The predicted molar refractivity (Wildman–Crippen MR) is 301 cm³/mol. The van der Waals surface area contributed by atoms with Crippen molar-refractivity contribution in [2.75, 3.05) is 56.0 Å². The number of nitrogens with zero attached hydrogens (tertiary/aromatic N) is 7. The molecule has 4 aliphatic heterocycles. The second-order valence-electron chi connectivity index (χ2n) is 22.2. The van der Waals surface area contributed by atoms with Gasteiger partial charge in [-0.15, -0.1) is 22.7 Å². The summed E-state index contributed by atoms with van der Waals surface area (Å²) < 4.78 is 14.5. The predicted octanol–water partition coefficient (Wildman–Crippen LogP) is 7.02. The Balaban J connectivity index is 0.671. The van der Waals surface area contributed by atoms with E-state index in [2.05, 4.69) is 35.7 Å². The number of phenolic OH excluding ortho intramolecular Hbond substituents is 1. The quantitative estimate of drug-likeness (QED) is 0.0527. The third-order valence-electron chi connectivity index (χ3n) is 15.7. The molecule has 420 valence electrons. The van der Waals surface area contributed by atoms with Crippen molar-refractivity contribution < 1.29 is 43.4 Å². The normalized spacial score (nSPS) is 18.8. The fraction of sp³-hybridized carbons (Fsp3) is 0.483. The third-order valence-corrected chi connectivity index (χ3v) is 17.4. The number of aromatic nitrogens is 2. The Labute approximate surface area is 468 Å². The first-order valence-corrected chi connectivity index (χ1v) is 29.1. The van der Waals surface area contributed by atoms with Crippen LogP contribution >= 0.6 is 22.7 Å².